The van der Waals surface area contributed by atoms with E-state index in [1.807, 2.05) is 0 Å². The van der Waals surface area contributed by atoms with E-state index in [1.54, 1.807) is 13.0 Å². The summed E-state index contributed by atoms with van der Waals surface area (Å²) < 4.78 is 50.7. The molecule has 2 aromatic carbocycles. The number of hydrogen-bond acceptors (Lipinski definition) is 1. The van der Waals surface area contributed by atoms with Crippen LogP contribution in [0.5, 0.6) is 0 Å². The van der Waals surface area contributed by atoms with Gasteiger partial charge in [-0.1, -0.05) is 6.07 Å². The van der Waals surface area contributed by atoms with Crippen LogP contribution >= 0.6 is 0 Å². The minimum atomic E-state index is -4.46. The van der Waals surface area contributed by atoms with Gasteiger partial charge in [-0.05, 0) is 48.9 Å². The molecule has 0 aliphatic carbocycles. The van der Waals surface area contributed by atoms with Gasteiger partial charge in [0.1, 0.15) is 5.82 Å². The quantitative estimate of drug-likeness (QED) is 0.818. The Kier molecular flexibility index (Phi) is 3.97. The number of aryl methyl sites for hydroxylation is 1. The van der Waals surface area contributed by atoms with Crippen LogP contribution in [0.2, 0.25) is 0 Å². The van der Waals surface area contributed by atoms with E-state index in [-0.39, 0.29) is 11.3 Å². The van der Waals surface area contributed by atoms with E-state index in [4.69, 9.17) is 0 Å². The second-order valence-electron chi connectivity index (χ2n) is 4.51. The van der Waals surface area contributed by atoms with Gasteiger partial charge in [0.15, 0.2) is 0 Å². The van der Waals surface area contributed by atoms with Crippen LogP contribution in [0.25, 0.3) is 0 Å². The molecule has 0 aliphatic rings. The van der Waals surface area contributed by atoms with E-state index < -0.39 is 23.5 Å². The van der Waals surface area contributed by atoms with Crippen molar-refractivity contribution >= 4 is 11.6 Å². The van der Waals surface area contributed by atoms with Crippen molar-refractivity contribution in [2.24, 2.45) is 0 Å². The summed E-state index contributed by atoms with van der Waals surface area (Å²) in [6, 6.07) is 7.90. The Morgan fingerprint density at radius 1 is 1.05 bits per heavy atom. The first kappa shape index (κ1) is 15.0. The number of carbonyl (C=O) groups is 1. The van der Waals surface area contributed by atoms with E-state index in [9.17, 15) is 22.4 Å². The van der Waals surface area contributed by atoms with Crippen LogP contribution in [-0.2, 0) is 6.18 Å². The van der Waals surface area contributed by atoms with Gasteiger partial charge in [-0.15, -0.1) is 0 Å². The summed E-state index contributed by atoms with van der Waals surface area (Å²) in [5, 5.41) is 2.33. The normalized spacial score (nSPS) is 11.3. The van der Waals surface area contributed by atoms with Crippen LogP contribution in [0.4, 0.5) is 23.2 Å². The van der Waals surface area contributed by atoms with E-state index in [0.717, 1.165) is 29.8 Å². The van der Waals surface area contributed by atoms with E-state index >= 15 is 0 Å². The topological polar surface area (TPSA) is 29.1 Å². The molecule has 0 saturated carbocycles. The third-order valence-electron chi connectivity index (χ3n) is 2.84. The summed E-state index contributed by atoms with van der Waals surface area (Å²) in [6.07, 6.45) is -4.46. The molecule has 0 spiro atoms. The monoisotopic (exact) mass is 297 g/mol. The summed E-state index contributed by atoms with van der Waals surface area (Å²) in [4.78, 5) is 11.9. The molecule has 0 aromatic heterocycles. The molecule has 0 aliphatic heterocycles. The molecular weight excluding hydrogens is 286 g/mol. The Bertz CT molecular complexity index is 662. The third kappa shape index (κ3) is 3.59. The molecule has 1 N–H and O–H groups in total. The van der Waals surface area contributed by atoms with Crippen molar-refractivity contribution in [2.45, 2.75) is 13.1 Å². The molecule has 2 rings (SSSR count). The highest BCUT2D eigenvalue weighted by Crippen LogP contribution is 2.29. The highest BCUT2D eigenvalue weighted by Gasteiger charge is 2.30. The summed E-state index contributed by atoms with van der Waals surface area (Å²) in [5.41, 5.74) is -0.0938. The molecule has 21 heavy (non-hydrogen) atoms. The van der Waals surface area contributed by atoms with Crippen molar-refractivity contribution < 1.29 is 22.4 Å². The van der Waals surface area contributed by atoms with Gasteiger partial charge in [0.05, 0.1) is 11.3 Å². The average molecular weight is 297 g/mol. The molecule has 110 valence electrons. The maximum atomic E-state index is 13.5. The van der Waals surface area contributed by atoms with E-state index in [1.165, 1.54) is 12.1 Å². The first-order valence-electron chi connectivity index (χ1n) is 6.02. The molecule has 2 nitrogen and oxygen atoms in total. The fraction of sp³-hybridized carbons (Fsp3) is 0.133. The zero-order valence-electron chi connectivity index (χ0n) is 11.0. The Labute approximate surface area is 118 Å². The van der Waals surface area contributed by atoms with E-state index in [0.29, 0.717) is 0 Å². The SMILES string of the molecule is Cc1ccc(F)c(NC(=O)c2ccc(C(F)(F)F)cc2)c1. The van der Waals surface area contributed by atoms with Crippen LogP contribution < -0.4 is 5.32 Å². The molecule has 0 unspecified atom stereocenters. The van der Waals surface area contributed by atoms with Crippen molar-refractivity contribution in [3.63, 3.8) is 0 Å². The number of hydrogen-bond donors (Lipinski definition) is 1. The largest absolute Gasteiger partial charge is 0.416 e. The summed E-state index contributed by atoms with van der Waals surface area (Å²) >= 11 is 0. The van der Waals surface area contributed by atoms with Crippen molar-refractivity contribution in [1.82, 2.24) is 0 Å². The lowest BCUT2D eigenvalue weighted by atomic mass is 10.1. The lowest BCUT2D eigenvalue weighted by Crippen LogP contribution is -2.14. The molecule has 1 amide bonds. The molecule has 0 radical (unpaired) electrons. The Balaban J connectivity index is 2.19. The number of amides is 1. The number of anilines is 1. The smallest absolute Gasteiger partial charge is 0.319 e. The summed E-state index contributed by atoms with van der Waals surface area (Å²) in [5.74, 6) is -1.28. The summed E-state index contributed by atoms with van der Waals surface area (Å²) in [6.45, 7) is 1.73. The van der Waals surface area contributed by atoms with Crippen molar-refractivity contribution in [3.8, 4) is 0 Å². The summed E-state index contributed by atoms with van der Waals surface area (Å²) in [7, 11) is 0. The maximum Gasteiger partial charge on any atom is 0.416 e. The number of benzene rings is 2. The second-order valence-corrected chi connectivity index (χ2v) is 4.51. The fourth-order valence-electron chi connectivity index (χ4n) is 1.74. The van der Waals surface area contributed by atoms with E-state index in [2.05, 4.69) is 5.32 Å². The van der Waals surface area contributed by atoms with Crippen LogP contribution in [0.15, 0.2) is 42.5 Å². The van der Waals surface area contributed by atoms with Crippen LogP contribution in [-0.4, -0.2) is 5.91 Å². The van der Waals surface area contributed by atoms with Gasteiger partial charge in [-0.3, -0.25) is 4.79 Å². The van der Waals surface area contributed by atoms with Gasteiger partial charge in [0, 0.05) is 5.56 Å². The van der Waals surface area contributed by atoms with Crippen molar-refractivity contribution in [3.05, 3.63) is 65.0 Å². The molecule has 0 saturated heterocycles. The first-order valence-corrected chi connectivity index (χ1v) is 6.02. The minimum absolute atomic E-state index is 0.0140. The molecule has 0 fully saturated rings. The lowest BCUT2D eigenvalue weighted by molar-refractivity contribution is -0.137. The third-order valence-corrected chi connectivity index (χ3v) is 2.84. The van der Waals surface area contributed by atoms with Crippen LogP contribution in [0.1, 0.15) is 21.5 Å². The standard InChI is InChI=1S/C15H11F4NO/c1-9-2-7-12(16)13(8-9)20-14(21)10-3-5-11(6-4-10)15(17,18)19/h2-8H,1H3,(H,20,21). The van der Waals surface area contributed by atoms with Gasteiger partial charge >= 0.3 is 6.18 Å². The highest BCUT2D eigenvalue weighted by molar-refractivity contribution is 6.04. The number of alkyl halides is 3. The molecule has 0 heterocycles. The molecule has 6 heteroatoms. The number of nitrogens with one attached hydrogen (secondary N) is 1. The Hall–Kier alpha value is -2.37. The number of carbonyl (C=O) groups excluding carboxylic acids is 1. The predicted octanol–water partition coefficient (Wildman–Crippen LogP) is 4.41. The first-order chi connectivity index (χ1) is 9.77. The van der Waals surface area contributed by atoms with Crippen molar-refractivity contribution in [2.75, 3.05) is 5.32 Å². The van der Waals surface area contributed by atoms with Gasteiger partial charge < -0.3 is 5.32 Å². The fourth-order valence-corrected chi connectivity index (χ4v) is 1.74. The van der Waals surface area contributed by atoms with Gasteiger partial charge in [-0.2, -0.15) is 13.2 Å². The average Bonchev–Trinajstić information content (AvgIpc) is 2.42. The van der Waals surface area contributed by atoms with Crippen LogP contribution in [0, 0.1) is 12.7 Å². The second kappa shape index (κ2) is 5.55. The van der Waals surface area contributed by atoms with Crippen LogP contribution in [0.3, 0.4) is 0 Å². The van der Waals surface area contributed by atoms with Gasteiger partial charge in [-0.25, -0.2) is 4.39 Å². The maximum absolute atomic E-state index is 13.5. The van der Waals surface area contributed by atoms with Crippen molar-refractivity contribution in [1.29, 1.82) is 0 Å². The molecule has 2 aromatic rings. The molecule has 0 bridgehead atoms. The lowest BCUT2D eigenvalue weighted by Gasteiger charge is -2.09. The minimum Gasteiger partial charge on any atom is -0.319 e. The zero-order valence-corrected chi connectivity index (χ0v) is 11.0. The zero-order chi connectivity index (χ0) is 15.6. The van der Waals surface area contributed by atoms with Gasteiger partial charge in [0.2, 0.25) is 0 Å². The highest BCUT2D eigenvalue weighted by atomic mass is 19.4. The molecule has 0 atom stereocenters. The number of rotatable bonds is 2. The Morgan fingerprint density at radius 3 is 2.24 bits per heavy atom. The number of halogens is 4. The Morgan fingerprint density at radius 2 is 1.67 bits per heavy atom. The molecular formula is C15H11F4NO. The predicted molar refractivity (Wildman–Crippen MR) is 70.5 cm³/mol. The van der Waals surface area contributed by atoms with Gasteiger partial charge in [0.25, 0.3) is 5.91 Å².